The number of methoxy groups -OCH3 is 1. The number of halogens is 2. The summed E-state index contributed by atoms with van der Waals surface area (Å²) in [4.78, 5) is 36.2. The highest BCUT2D eigenvalue weighted by Gasteiger charge is 2.27. The fourth-order valence-electron chi connectivity index (χ4n) is 2.42. The molecule has 28 heavy (non-hydrogen) atoms. The van der Waals surface area contributed by atoms with Crippen LogP contribution < -0.4 is 10.1 Å². The van der Waals surface area contributed by atoms with Crippen molar-refractivity contribution in [3.63, 3.8) is 0 Å². The van der Waals surface area contributed by atoms with Crippen LogP contribution in [0.25, 0.3) is 0 Å². The van der Waals surface area contributed by atoms with Gasteiger partial charge in [-0.15, -0.1) is 0 Å². The number of phenols is 1. The molecule has 0 radical (unpaired) electrons. The predicted octanol–water partition coefficient (Wildman–Crippen LogP) is 3.14. The second-order valence-corrected chi connectivity index (χ2v) is 6.52. The molecule has 2 aromatic carbocycles. The Hall–Kier alpha value is -2.77. The molecule has 0 saturated carbocycles. The smallest absolute Gasteiger partial charge is 0.328 e. The summed E-state index contributed by atoms with van der Waals surface area (Å²) in [6, 6.07) is 9.07. The van der Waals surface area contributed by atoms with Gasteiger partial charge in [-0.1, -0.05) is 53.5 Å². The number of ether oxygens (including phenoxy) is 2. The molecular weight excluding hydrogens is 409 g/mol. The van der Waals surface area contributed by atoms with E-state index in [4.69, 9.17) is 32.7 Å². The molecule has 0 spiro atoms. The van der Waals surface area contributed by atoms with Crippen LogP contribution in [0.15, 0.2) is 36.4 Å². The van der Waals surface area contributed by atoms with E-state index in [1.54, 1.807) is 24.3 Å². The van der Waals surface area contributed by atoms with Crippen LogP contribution in [-0.4, -0.2) is 36.1 Å². The molecule has 148 valence electrons. The molecule has 0 bridgehead atoms. The molecule has 1 unspecified atom stereocenters. The number of rotatable bonds is 6. The van der Waals surface area contributed by atoms with Crippen LogP contribution in [0.3, 0.4) is 0 Å². The van der Waals surface area contributed by atoms with Crippen LogP contribution in [0, 0.1) is 0 Å². The largest absolute Gasteiger partial charge is 0.505 e. The molecule has 2 rings (SSSR count). The van der Waals surface area contributed by atoms with Crippen LogP contribution in [0.4, 0.5) is 0 Å². The van der Waals surface area contributed by atoms with Gasteiger partial charge in [0.05, 0.1) is 17.7 Å². The summed E-state index contributed by atoms with van der Waals surface area (Å²) in [6.07, 6.45) is 0.168. The van der Waals surface area contributed by atoms with E-state index in [-0.39, 0.29) is 22.8 Å². The van der Waals surface area contributed by atoms with Gasteiger partial charge in [0.2, 0.25) is 0 Å². The molecule has 2 aromatic rings. The molecule has 2 N–H and O–H groups in total. The maximum Gasteiger partial charge on any atom is 0.328 e. The SMILES string of the molecule is COC(=O)C(Cc1ccccc1)NC(=O)c1cc(Cl)c(O)c(Cl)c1OC(C)=O. The molecule has 0 aliphatic rings. The van der Waals surface area contributed by atoms with Gasteiger partial charge in [-0.25, -0.2) is 4.79 Å². The molecule has 9 heteroatoms. The molecule has 0 aliphatic heterocycles. The van der Waals surface area contributed by atoms with E-state index in [0.29, 0.717) is 0 Å². The summed E-state index contributed by atoms with van der Waals surface area (Å²) in [6.45, 7) is 1.11. The molecule has 0 heterocycles. The molecule has 1 amide bonds. The van der Waals surface area contributed by atoms with Crippen molar-refractivity contribution in [1.29, 1.82) is 0 Å². The maximum atomic E-state index is 12.8. The van der Waals surface area contributed by atoms with Crippen LogP contribution >= 0.6 is 23.2 Å². The number of phenolic OH excluding ortho intramolecular Hbond substituents is 1. The first kappa shape index (κ1) is 21.5. The van der Waals surface area contributed by atoms with Gasteiger partial charge in [-0.3, -0.25) is 9.59 Å². The molecule has 0 saturated heterocycles. The summed E-state index contributed by atoms with van der Waals surface area (Å²) in [5.74, 6) is -3.11. The highest BCUT2D eigenvalue weighted by molar-refractivity contribution is 6.39. The van der Waals surface area contributed by atoms with Gasteiger partial charge >= 0.3 is 11.9 Å². The Labute approximate surface area is 171 Å². The number of benzene rings is 2. The van der Waals surface area contributed by atoms with Gasteiger partial charge in [-0.05, 0) is 11.6 Å². The molecule has 0 aromatic heterocycles. The highest BCUT2D eigenvalue weighted by atomic mass is 35.5. The fraction of sp³-hybridized carbons (Fsp3) is 0.211. The van der Waals surface area contributed by atoms with E-state index < -0.39 is 34.7 Å². The third-order valence-corrected chi connectivity index (χ3v) is 4.35. The number of esters is 2. The fourth-order valence-corrected chi connectivity index (χ4v) is 2.92. The summed E-state index contributed by atoms with van der Waals surface area (Å²) in [7, 11) is 1.20. The Morgan fingerprint density at radius 3 is 2.39 bits per heavy atom. The van der Waals surface area contributed by atoms with E-state index in [0.717, 1.165) is 18.6 Å². The lowest BCUT2D eigenvalue weighted by Crippen LogP contribution is -2.43. The predicted molar refractivity (Wildman–Crippen MR) is 103 cm³/mol. The van der Waals surface area contributed by atoms with E-state index in [1.807, 2.05) is 6.07 Å². The van der Waals surface area contributed by atoms with E-state index in [9.17, 15) is 19.5 Å². The molecular formula is C19H17Cl2NO6. The quantitative estimate of drug-likeness (QED) is 0.544. The monoisotopic (exact) mass is 425 g/mol. The zero-order valence-electron chi connectivity index (χ0n) is 15.0. The maximum absolute atomic E-state index is 12.8. The number of carbonyl (C=O) groups excluding carboxylic acids is 3. The number of carbonyl (C=O) groups is 3. The number of hydrogen-bond donors (Lipinski definition) is 2. The number of nitrogens with one attached hydrogen (secondary N) is 1. The van der Waals surface area contributed by atoms with E-state index in [1.165, 1.54) is 7.11 Å². The first-order chi connectivity index (χ1) is 13.2. The lowest BCUT2D eigenvalue weighted by Gasteiger charge is -2.18. The van der Waals surface area contributed by atoms with E-state index >= 15 is 0 Å². The Kier molecular flexibility index (Phi) is 7.25. The Bertz CT molecular complexity index is 901. The second-order valence-electron chi connectivity index (χ2n) is 5.73. The minimum absolute atomic E-state index is 0.168. The third-order valence-electron chi connectivity index (χ3n) is 3.71. The molecule has 0 aliphatic carbocycles. The van der Waals surface area contributed by atoms with Crippen molar-refractivity contribution in [2.45, 2.75) is 19.4 Å². The molecule has 1 atom stereocenters. The van der Waals surface area contributed by atoms with Crippen LogP contribution in [0.1, 0.15) is 22.8 Å². The van der Waals surface area contributed by atoms with Gasteiger partial charge in [-0.2, -0.15) is 0 Å². The second kappa shape index (κ2) is 9.43. The van der Waals surface area contributed by atoms with Crippen molar-refractivity contribution >= 4 is 41.0 Å². The van der Waals surface area contributed by atoms with Crippen molar-refractivity contribution in [3.05, 3.63) is 57.6 Å². The summed E-state index contributed by atoms with van der Waals surface area (Å²) in [5, 5.41) is 11.7. The molecule has 0 fully saturated rings. The summed E-state index contributed by atoms with van der Waals surface area (Å²) >= 11 is 11.8. The minimum atomic E-state index is -1.02. The average Bonchev–Trinajstić information content (AvgIpc) is 2.67. The lowest BCUT2D eigenvalue weighted by atomic mass is 10.1. The Balaban J connectivity index is 2.37. The number of aromatic hydroxyl groups is 1. The average molecular weight is 426 g/mol. The summed E-state index contributed by atoms with van der Waals surface area (Å²) < 4.78 is 9.70. The minimum Gasteiger partial charge on any atom is -0.505 e. The van der Waals surface area contributed by atoms with Crippen molar-refractivity contribution in [1.82, 2.24) is 5.32 Å². The van der Waals surface area contributed by atoms with Crippen molar-refractivity contribution in [2.24, 2.45) is 0 Å². The van der Waals surface area contributed by atoms with Crippen LogP contribution in [0.5, 0.6) is 11.5 Å². The zero-order chi connectivity index (χ0) is 20.8. The highest BCUT2D eigenvalue weighted by Crippen LogP contribution is 2.41. The van der Waals surface area contributed by atoms with Crippen molar-refractivity contribution in [2.75, 3.05) is 7.11 Å². The van der Waals surface area contributed by atoms with Gasteiger partial charge in [0.25, 0.3) is 5.91 Å². The standard InChI is InChI=1S/C19H17Cl2NO6/c1-10(23)28-17-12(9-13(20)16(24)15(17)21)18(25)22-14(19(26)27-2)8-11-6-4-3-5-7-11/h3-7,9,14,24H,8H2,1-2H3,(H,22,25). The number of hydrogen-bond acceptors (Lipinski definition) is 6. The van der Waals surface area contributed by atoms with Gasteiger partial charge in [0, 0.05) is 13.3 Å². The van der Waals surface area contributed by atoms with E-state index in [2.05, 4.69) is 5.32 Å². The Morgan fingerprint density at radius 2 is 1.82 bits per heavy atom. The van der Waals surface area contributed by atoms with Crippen molar-refractivity contribution in [3.8, 4) is 11.5 Å². The van der Waals surface area contributed by atoms with Crippen LogP contribution in [0.2, 0.25) is 10.0 Å². The van der Waals surface area contributed by atoms with Gasteiger partial charge in [0.15, 0.2) is 11.5 Å². The Morgan fingerprint density at radius 1 is 1.18 bits per heavy atom. The third kappa shape index (κ3) is 5.15. The normalized spacial score (nSPS) is 11.4. The van der Waals surface area contributed by atoms with Crippen molar-refractivity contribution < 1.29 is 29.0 Å². The summed E-state index contributed by atoms with van der Waals surface area (Å²) in [5.41, 5.74) is 0.574. The van der Waals surface area contributed by atoms with Crippen LogP contribution in [-0.2, 0) is 20.7 Å². The van der Waals surface area contributed by atoms with Gasteiger partial charge in [0.1, 0.15) is 11.1 Å². The lowest BCUT2D eigenvalue weighted by molar-refractivity contribution is -0.142. The first-order valence-electron chi connectivity index (χ1n) is 8.06. The number of amides is 1. The van der Waals surface area contributed by atoms with Gasteiger partial charge < -0.3 is 19.9 Å². The molecule has 7 nitrogen and oxygen atoms in total. The zero-order valence-corrected chi connectivity index (χ0v) is 16.5. The topological polar surface area (TPSA) is 102 Å². The first-order valence-corrected chi connectivity index (χ1v) is 8.82.